The number of fused-ring (bicyclic) bond motifs is 1. The van der Waals surface area contributed by atoms with Crippen LogP contribution in [-0.4, -0.2) is 25.7 Å². The molecule has 1 aliphatic rings. The molecule has 152 valence electrons. The van der Waals surface area contributed by atoms with Crippen LogP contribution in [0.2, 0.25) is 0 Å². The fourth-order valence-electron chi connectivity index (χ4n) is 4.22. The van der Waals surface area contributed by atoms with Crippen molar-refractivity contribution in [3.8, 4) is 11.3 Å². The number of anilines is 1. The van der Waals surface area contributed by atoms with Gasteiger partial charge < -0.3 is 5.32 Å². The molecule has 6 heteroatoms. The molecule has 29 heavy (non-hydrogen) atoms. The second-order valence-corrected chi connectivity index (χ2v) is 8.16. The summed E-state index contributed by atoms with van der Waals surface area (Å²) in [6.07, 6.45) is 8.30. The fourth-order valence-corrected chi connectivity index (χ4v) is 4.22. The summed E-state index contributed by atoms with van der Waals surface area (Å²) in [5.74, 6) is 1.88. The molecular weight excluding hydrogens is 362 g/mol. The molecule has 0 spiro atoms. The monoisotopic (exact) mass is 391 g/mol. The Balaban J connectivity index is 1.36. The van der Waals surface area contributed by atoms with E-state index in [1.807, 2.05) is 43.3 Å². The molecule has 0 atom stereocenters. The molecule has 0 bridgehead atoms. The highest BCUT2D eigenvalue weighted by atomic mass is 16.1. The summed E-state index contributed by atoms with van der Waals surface area (Å²) in [5.41, 5.74) is 3.42. The zero-order valence-corrected chi connectivity index (χ0v) is 17.3. The van der Waals surface area contributed by atoms with Crippen LogP contribution in [0.4, 0.5) is 5.69 Å². The molecule has 1 aliphatic carbocycles. The summed E-state index contributed by atoms with van der Waals surface area (Å²) in [6.45, 7) is 4.13. The Morgan fingerprint density at radius 1 is 1.07 bits per heavy atom. The van der Waals surface area contributed by atoms with E-state index < -0.39 is 0 Å². The average Bonchev–Trinajstić information content (AvgIpc) is 3.13. The Morgan fingerprint density at radius 3 is 2.55 bits per heavy atom. The van der Waals surface area contributed by atoms with E-state index in [-0.39, 0.29) is 11.8 Å². The SMILES string of the molecule is CCCCC1CCC(C(=O)Nc2ccc(-c3ccc4nnc(C)n4n3)cc2)CC1. The summed E-state index contributed by atoms with van der Waals surface area (Å²) in [5, 5.41) is 15.8. The molecule has 1 amide bonds. The van der Waals surface area contributed by atoms with Crippen molar-refractivity contribution in [3.63, 3.8) is 0 Å². The van der Waals surface area contributed by atoms with E-state index in [0.717, 1.165) is 47.2 Å². The van der Waals surface area contributed by atoms with Gasteiger partial charge in [0.05, 0.1) is 5.69 Å². The minimum Gasteiger partial charge on any atom is -0.326 e. The predicted molar refractivity (Wildman–Crippen MR) is 115 cm³/mol. The molecule has 2 heterocycles. The number of aryl methyl sites for hydroxylation is 1. The van der Waals surface area contributed by atoms with Gasteiger partial charge >= 0.3 is 0 Å². The van der Waals surface area contributed by atoms with E-state index in [1.165, 1.54) is 32.1 Å². The lowest BCUT2D eigenvalue weighted by atomic mass is 9.79. The van der Waals surface area contributed by atoms with Gasteiger partial charge in [0.1, 0.15) is 0 Å². The van der Waals surface area contributed by atoms with Gasteiger partial charge in [-0.05, 0) is 62.8 Å². The summed E-state index contributed by atoms with van der Waals surface area (Å²) in [6, 6.07) is 11.7. The number of carbonyl (C=O) groups is 1. The summed E-state index contributed by atoms with van der Waals surface area (Å²) in [7, 11) is 0. The van der Waals surface area contributed by atoms with Crippen LogP contribution in [0.1, 0.15) is 57.7 Å². The quantitative estimate of drug-likeness (QED) is 0.639. The Kier molecular flexibility index (Phi) is 5.88. The number of hydrogen-bond acceptors (Lipinski definition) is 4. The lowest BCUT2D eigenvalue weighted by Gasteiger charge is -2.27. The van der Waals surface area contributed by atoms with Crippen LogP contribution in [-0.2, 0) is 4.79 Å². The average molecular weight is 392 g/mol. The van der Waals surface area contributed by atoms with Crippen LogP contribution < -0.4 is 5.32 Å². The topological polar surface area (TPSA) is 72.2 Å². The molecule has 0 aliphatic heterocycles. The van der Waals surface area contributed by atoms with Crippen LogP contribution in [0, 0.1) is 18.8 Å². The van der Waals surface area contributed by atoms with Crippen LogP contribution in [0.5, 0.6) is 0 Å². The smallest absolute Gasteiger partial charge is 0.227 e. The van der Waals surface area contributed by atoms with E-state index in [0.29, 0.717) is 0 Å². The van der Waals surface area contributed by atoms with Gasteiger partial charge in [0.25, 0.3) is 0 Å². The molecule has 1 saturated carbocycles. The normalized spacial score (nSPS) is 19.4. The minimum atomic E-state index is 0.147. The highest BCUT2D eigenvalue weighted by molar-refractivity contribution is 5.92. The summed E-state index contributed by atoms with van der Waals surface area (Å²) >= 11 is 0. The molecular formula is C23H29N5O. The number of unbranched alkanes of at least 4 members (excludes halogenated alkanes) is 1. The van der Waals surface area contributed by atoms with Crippen molar-refractivity contribution in [1.29, 1.82) is 0 Å². The molecule has 4 rings (SSSR count). The van der Waals surface area contributed by atoms with E-state index in [9.17, 15) is 4.79 Å². The van der Waals surface area contributed by atoms with E-state index in [1.54, 1.807) is 4.52 Å². The molecule has 0 radical (unpaired) electrons. The maximum atomic E-state index is 12.7. The standard InChI is InChI=1S/C23H29N5O/c1-3-4-5-17-6-8-19(9-7-17)23(29)24-20-12-10-18(11-13-20)21-14-15-22-26-25-16(2)28(22)27-21/h10-15,17,19H,3-9H2,1-2H3,(H,24,29). The Bertz CT molecular complexity index is 971. The van der Waals surface area contributed by atoms with Crippen LogP contribution >= 0.6 is 0 Å². The van der Waals surface area contributed by atoms with E-state index >= 15 is 0 Å². The largest absolute Gasteiger partial charge is 0.326 e. The van der Waals surface area contributed by atoms with Gasteiger partial charge in [-0.25, -0.2) is 0 Å². The van der Waals surface area contributed by atoms with Crippen molar-refractivity contribution in [1.82, 2.24) is 19.8 Å². The first-order chi connectivity index (χ1) is 14.1. The highest BCUT2D eigenvalue weighted by Gasteiger charge is 2.26. The molecule has 1 N–H and O–H groups in total. The van der Waals surface area contributed by atoms with Crippen molar-refractivity contribution in [2.24, 2.45) is 11.8 Å². The number of nitrogens with zero attached hydrogens (tertiary/aromatic N) is 4. The predicted octanol–water partition coefficient (Wildman–Crippen LogP) is 5.03. The van der Waals surface area contributed by atoms with Crippen molar-refractivity contribution < 1.29 is 4.79 Å². The van der Waals surface area contributed by atoms with Crippen molar-refractivity contribution in [2.75, 3.05) is 5.32 Å². The second kappa shape index (κ2) is 8.72. The zero-order valence-electron chi connectivity index (χ0n) is 17.3. The van der Waals surface area contributed by atoms with Crippen LogP contribution in [0.3, 0.4) is 0 Å². The summed E-state index contributed by atoms with van der Waals surface area (Å²) in [4.78, 5) is 12.7. The minimum absolute atomic E-state index is 0.147. The molecule has 6 nitrogen and oxygen atoms in total. The van der Waals surface area contributed by atoms with Gasteiger partial charge in [-0.1, -0.05) is 38.3 Å². The van der Waals surface area contributed by atoms with Crippen molar-refractivity contribution in [3.05, 3.63) is 42.2 Å². The zero-order chi connectivity index (χ0) is 20.2. The Labute approximate surface area is 171 Å². The first kappa shape index (κ1) is 19.6. The van der Waals surface area contributed by atoms with Crippen molar-refractivity contribution in [2.45, 2.75) is 58.8 Å². The number of rotatable bonds is 6. The van der Waals surface area contributed by atoms with Crippen LogP contribution in [0.15, 0.2) is 36.4 Å². The highest BCUT2D eigenvalue weighted by Crippen LogP contribution is 2.32. The van der Waals surface area contributed by atoms with Gasteiger partial charge in [-0.2, -0.15) is 9.61 Å². The fraction of sp³-hybridized carbons (Fsp3) is 0.478. The van der Waals surface area contributed by atoms with Gasteiger partial charge in [0, 0.05) is 17.2 Å². The van der Waals surface area contributed by atoms with Crippen molar-refractivity contribution >= 4 is 17.2 Å². The van der Waals surface area contributed by atoms with E-state index in [4.69, 9.17) is 0 Å². The maximum Gasteiger partial charge on any atom is 0.227 e. The lowest BCUT2D eigenvalue weighted by molar-refractivity contribution is -0.121. The second-order valence-electron chi connectivity index (χ2n) is 8.16. The summed E-state index contributed by atoms with van der Waals surface area (Å²) < 4.78 is 1.74. The third-order valence-corrected chi connectivity index (χ3v) is 6.05. The van der Waals surface area contributed by atoms with Crippen LogP contribution in [0.25, 0.3) is 16.9 Å². The Hall–Kier alpha value is -2.76. The number of amides is 1. The van der Waals surface area contributed by atoms with Gasteiger partial charge in [-0.15, -0.1) is 10.2 Å². The molecule has 1 fully saturated rings. The van der Waals surface area contributed by atoms with Gasteiger partial charge in [-0.3, -0.25) is 4.79 Å². The van der Waals surface area contributed by atoms with E-state index in [2.05, 4.69) is 27.5 Å². The molecule has 3 aromatic rings. The molecule has 1 aromatic carbocycles. The number of benzene rings is 1. The van der Waals surface area contributed by atoms with Gasteiger partial charge in [0.2, 0.25) is 5.91 Å². The number of aromatic nitrogens is 4. The number of nitrogens with one attached hydrogen (secondary N) is 1. The third kappa shape index (κ3) is 4.47. The molecule has 2 aromatic heterocycles. The third-order valence-electron chi connectivity index (χ3n) is 6.05. The molecule has 0 unspecified atom stereocenters. The number of carbonyl (C=O) groups excluding carboxylic acids is 1. The lowest BCUT2D eigenvalue weighted by Crippen LogP contribution is -2.27. The molecule has 0 saturated heterocycles. The number of hydrogen-bond donors (Lipinski definition) is 1. The first-order valence-electron chi connectivity index (χ1n) is 10.7. The Morgan fingerprint density at radius 2 is 1.83 bits per heavy atom. The maximum absolute atomic E-state index is 12.7. The van der Waals surface area contributed by atoms with Gasteiger partial charge in [0.15, 0.2) is 11.5 Å². The first-order valence-corrected chi connectivity index (χ1v) is 10.7.